The summed E-state index contributed by atoms with van der Waals surface area (Å²) in [5.41, 5.74) is -0.401. The van der Waals surface area contributed by atoms with Gasteiger partial charge in [-0.2, -0.15) is 13.2 Å². The molecule has 1 heterocycles. The van der Waals surface area contributed by atoms with Crippen LogP contribution in [0.4, 0.5) is 28.9 Å². The highest BCUT2D eigenvalue weighted by Gasteiger charge is 2.31. The third kappa shape index (κ3) is 4.83. The molecule has 0 aliphatic rings. The molecule has 0 bridgehead atoms. The topological polar surface area (TPSA) is 62.4 Å². The number of methoxy groups -OCH3 is 1. The Morgan fingerprint density at radius 3 is 2.38 bits per heavy atom. The molecule has 2 N–H and O–H groups in total. The Hall–Kier alpha value is -3.14. The molecule has 29 heavy (non-hydrogen) atoms. The normalized spacial score (nSPS) is 12.1. The lowest BCUT2D eigenvalue weighted by atomic mass is 10.2. The monoisotopic (exact) mass is 424 g/mol. The summed E-state index contributed by atoms with van der Waals surface area (Å²) in [7, 11) is 1.33. The lowest BCUT2D eigenvalue weighted by Gasteiger charge is -2.13. The average molecular weight is 424 g/mol. The van der Waals surface area contributed by atoms with Gasteiger partial charge in [0.1, 0.15) is 22.7 Å². The Kier molecular flexibility index (Phi) is 5.73. The zero-order valence-corrected chi connectivity index (χ0v) is 16.2. The molecule has 152 valence electrons. The molecule has 0 fully saturated rings. The summed E-state index contributed by atoms with van der Waals surface area (Å²) >= 11 is 1.19. The number of anilines is 1. The Bertz CT molecular complexity index is 1100. The van der Waals surface area contributed by atoms with E-state index in [1.54, 1.807) is 13.0 Å². The minimum atomic E-state index is -4.55. The number of halogens is 4. The summed E-state index contributed by atoms with van der Waals surface area (Å²) in [6.45, 7) is 1.79. The molecule has 0 saturated heterocycles. The van der Waals surface area contributed by atoms with Gasteiger partial charge in [-0.1, -0.05) is 11.5 Å². The predicted octanol–water partition coefficient (Wildman–Crippen LogP) is 5.15. The number of benzene rings is 2. The molecule has 0 radical (unpaired) electrons. The number of nitrogens with one attached hydrogen (secondary N) is 2. The van der Waals surface area contributed by atoms with Crippen molar-refractivity contribution >= 4 is 28.9 Å². The van der Waals surface area contributed by atoms with Gasteiger partial charge in [0.15, 0.2) is 0 Å². The van der Waals surface area contributed by atoms with Gasteiger partial charge in [-0.25, -0.2) is 13.3 Å². The molecule has 0 unspecified atom stereocenters. The summed E-state index contributed by atoms with van der Waals surface area (Å²) in [4.78, 5) is 5.11. The zero-order chi connectivity index (χ0) is 21.2. The summed E-state index contributed by atoms with van der Waals surface area (Å²) in [6, 6.07) is 9.93. The van der Waals surface area contributed by atoms with Crippen LogP contribution >= 0.6 is 11.5 Å². The molecule has 0 atom stereocenters. The van der Waals surface area contributed by atoms with Crippen LogP contribution in [0.3, 0.4) is 0 Å². The second-order valence-electron chi connectivity index (χ2n) is 5.98. The van der Waals surface area contributed by atoms with E-state index in [0.717, 1.165) is 17.0 Å². The number of hydrogen-bond donors (Lipinski definition) is 2. The fraction of sp³-hybridized carbons (Fsp3) is 0.158. The molecule has 0 aliphatic carbocycles. The molecule has 0 spiro atoms. The first kappa shape index (κ1) is 20.6. The van der Waals surface area contributed by atoms with Crippen molar-refractivity contribution < 1.29 is 22.3 Å². The summed E-state index contributed by atoms with van der Waals surface area (Å²) in [5, 5.41) is 11.0. The molecule has 3 rings (SSSR count). The van der Waals surface area contributed by atoms with Crippen LogP contribution in [0.2, 0.25) is 0 Å². The second-order valence-corrected chi connectivity index (χ2v) is 7.17. The van der Waals surface area contributed by atoms with E-state index in [-0.39, 0.29) is 22.9 Å². The van der Waals surface area contributed by atoms with Crippen molar-refractivity contribution in [2.24, 2.45) is 4.99 Å². The maximum Gasteiger partial charge on any atom is 0.416 e. The fourth-order valence-corrected chi connectivity index (χ4v) is 3.26. The van der Waals surface area contributed by atoms with Crippen LogP contribution in [0.1, 0.15) is 10.4 Å². The third-order valence-electron chi connectivity index (χ3n) is 3.82. The average Bonchev–Trinajstić information content (AvgIpc) is 3.00. The number of alkyl halides is 3. The van der Waals surface area contributed by atoms with Crippen molar-refractivity contribution in [3.05, 3.63) is 70.3 Å². The number of hydrogen-bond acceptors (Lipinski definition) is 4. The fourth-order valence-electron chi connectivity index (χ4n) is 2.48. The van der Waals surface area contributed by atoms with Crippen molar-refractivity contribution in [3.8, 4) is 5.75 Å². The minimum absolute atomic E-state index is 0.0649. The Labute approximate surface area is 167 Å². The number of nitrogens with zero attached hydrogens (tertiary/aromatic N) is 2. The Morgan fingerprint density at radius 2 is 1.83 bits per heavy atom. The molecular formula is C19H16F4N4OS. The molecule has 1 aromatic heterocycles. The lowest BCUT2D eigenvalue weighted by Crippen LogP contribution is -2.28. The standard InChI is InChI=1S/C19H16F4N4OS/c1-11-9-17(24)27(29-11)18(25-14-6-4-13(20)5-7-14)26-15-10-12(19(21,22)23)3-8-16(15)28-2/h3-10,24H,1-2H3,(H,25,26). The predicted molar refractivity (Wildman–Crippen MR) is 103 cm³/mol. The summed E-state index contributed by atoms with van der Waals surface area (Å²) < 4.78 is 59.2. The first-order valence-electron chi connectivity index (χ1n) is 8.29. The van der Waals surface area contributed by atoms with E-state index in [9.17, 15) is 17.6 Å². The quantitative estimate of drug-likeness (QED) is 0.347. The molecule has 3 aromatic rings. The zero-order valence-electron chi connectivity index (χ0n) is 15.3. The number of rotatable bonds is 3. The van der Waals surface area contributed by atoms with Gasteiger partial charge in [-0.05, 0) is 55.5 Å². The number of aromatic nitrogens is 1. The van der Waals surface area contributed by atoms with Crippen molar-refractivity contribution in [1.82, 2.24) is 3.96 Å². The van der Waals surface area contributed by atoms with Crippen molar-refractivity contribution in [1.29, 1.82) is 5.41 Å². The van der Waals surface area contributed by atoms with Crippen molar-refractivity contribution in [2.75, 3.05) is 12.4 Å². The van der Waals surface area contributed by atoms with Crippen molar-refractivity contribution in [2.45, 2.75) is 13.1 Å². The maximum atomic E-state index is 13.2. The highest BCUT2D eigenvalue weighted by molar-refractivity contribution is 7.07. The van der Waals surface area contributed by atoms with Gasteiger partial charge in [0.2, 0.25) is 5.96 Å². The summed E-state index contributed by atoms with van der Waals surface area (Å²) in [6.07, 6.45) is -4.55. The largest absolute Gasteiger partial charge is 0.494 e. The van der Waals surface area contributed by atoms with Gasteiger partial charge in [0.05, 0.1) is 12.7 Å². The van der Waals surface area contributed by atoms with Crippen LogP contribution < -0.4 is 15.5 Å². The number of ether oxygens (including phenoxy) is 1. The molecule has 5 nitrogen and oxygen atoms in total. The van der Waals surface area contributed by atoms with Gasteiger partial charge in [0, 0.05) is 10.6 Å². The van der Waals surface area contributed by atoms with E-state index in [2.05, 4.69) is 10.3 Å². The van der Waals surface area contributed by atoms with E-state index in [0.29, 0.717) is 5.69 Å². The molecule has 0 saturated carbocycles. The third-order valence-corrected chi connectivity index (χ3v) is 4.78. The molecule has 0 amide bonds. The van der Waals surface area contributed by atoms with E-state index < -0.39 is 17.6 Å². The van der Waals surface area contributed by atoms with Gasteiger partial charge in [0.25, 0.3) is 0 Å². The van der Waals surface area contributed by atoms with E-state index >= 15 is 0 Å². The lowest BCUT2D eigenvalue weighted by molar-refractivity contribution is -0.137. The van der Waals surface area contributed by atoms with E-state index in [1.165, 1.54) is 52.9 Å². The first-order chi connectivity index (χ1) is 13.7. The van der Waals surface area contributed by atoms with Gasteiger partial charge in [-0.15, -0.1) is 0 Å². The van der Waals surface area contributed by atoms with Crippen LogP contribution in [-0.4, -0.2) is 17.0 Å². The Morgan fingerprint density at radius 1 is 1.14 bits per heavy atom. The van der Waals surface area contributed by atoms with Crippen LogP contribution in [0.5, 0.6) is 5.75 Å². The minimum Gasteiger partial charge on any atom is -0.494 e. The Balaban J connectivity index is 2.15. The summed E-state index contributed by atoms with van der Waals surface area (Å²) in [5.74, 6) is -0.219. The van der Waals surface area contributed by atoms with Gasteiger partial charge >= 0.3 is 6.18 Å². The van der Waals surface area contributed by atoms with Crippen LogP contribution in [0, 0.1) is 18.2 Å². The maximum absolute atomic E-state index is 13.2. The van der Waals surface area contributed by atoms with Crippen molar-refractivity contribution in [3.63, 3.8) is 0 Å². The van der Waals surface area contributed by atoms with Crippen LogP contribution in [0.15, 0.2) is 53.5 Å². The highest BCUT2D eigenvalue weighted by Crippen LogP contribution is 2.36. The highest BCUT2D eigenvalue weighted by atomic mass is 32.1. The van der Waals surface area contributed by atoms with E-state index in [4.69, 9.17) is 10.1 Å². The molecule has 10 heteroatoms. The van der Waals surface area contributed by atoms with Crippen LogP contribution in [-0.2, 0) is 6.18 Å². The smallest absolute Gasteiger partial charge is 0.416 e. The van der Waals surface area contributed by atoms with Gasteiger partial charge in [-0.3, -0.25) is 5.41 Å². The van der Waals surface area contributed by atoms with Gasteiger partial charge < -0.3 is 10.1 Å². The SMILES string of the molecule is COc1ccc(C(F)(F)F)cc1N=C(Nc1ccc(F)cc1)n1sc(C)cc1=N. The van der Waals surface area contributed by atoms with E-state index in [1.807, 2.05) is 0 Å². The second kappa shape index (κ2) is 8.08. The molecule has 2 aromatic carbocycles. The molecular weight excluding hydrogens is 408 g/mol. The number of aryl methyl sites for hydroxylation is 1. The molecule has 0 aliphatic heterocycles. The number of aliphatic imine (C=N–C) groups is 1. The first-order valence-corrected chi connectivity index (χ1v) is 9.06. The van der Waals surface area contributed by atoms with Crippen LogP contribution in [0.25, 0.3) is 0 Å².